The van der Waals surface area contributed by atoms with Crippen molar-refractivity contribution >= 4 is 11.8 Å². The third kappa shape index (κ3) is 4.23. The van der Waals surface area contributed by atoms with Crippen LogP contribution < -0.4 is 4.90 Å². The van der Waals surface area contributed by atoms with Crippen molar-refractivity contribution in [1.82, 2.24) is 9.88 Å². The van der Waals surface area contributed by atoms with E-state index in [4.69, 9.17) is 0 Å². The maximum atomic E-state index is 12.7. The number of halogens is 3. The average molecular weight is 377 g/mol. The molecule has 1 aliphatic rings. The first kappa shape index (κ1) is 19.2. The molecule has 4 nitrogen and oxygen atoms in total. The molecule has 2 amide bonds. The molecule has 1 aliphatic heterocycles. The Labute approximate surface area is 156 Å². The van der Waals surface area contributed by atoms with Gasteiger partial charge in [0, 0.05) is 25.8 Å². The van der Waals surface area contributed by atoms with Crippen molar-refractivity contribution in [2.45, 2.75) is 38.9 Å². The minimum absolute atomic E-state index is 0.0625. The highest BCUT2D eigenvalue weighted by Crippen LogP contribution is 2.30. The topological polar surface area (TPSA) is 36.4 Å². The Morgan fingerprint density at radius 3 is 2.11 bits per heavy atom. The van der Waals surface area contributed by atoms with Gasteiger partial charge in [0.05, 0.1) is 5.56 Å². The van der Waals surface area contributed by atoms with Gasteiger partial charge in [-0.05, 0) is 28.7 Å². The summed E-state index contributed by atoms with van der Waals surface area (Å²) in [4.78, 5) is 19.5. The number of aromatic nitrogens is 1. The third-order valence-electron chi connectivity index (χ3n) is 4.64. The number of hydrogen-bond acceptors (Lipinski definition) is 2. The van der Waals surface area contributed by atoms with Gasteiger partial charge >= 0.3 is 12.2 Å². The van der Waals surface area contributed by atoms with Gasteiger partial charge < -0.3 is 4.90 Å². The monoisotopic (exact) mass is 377 g/mol. The molecule has 0 radical (unpaired) electrons. The number of alkyl halides is 3. The first-order valence-electron chi connectivity index (χ1n) is 8.75. The lowest BCUT2D eigenvalue weighted by Gasteiger charge is -2.21. The standard InChI is InChI=1S/C20H22F3N3O/c1-19(2,3)15-6-4-14(5-7-15)13-25-10-11-26(18(25)27)17-9-8-16(12-24-17)20(21,22)23/h4-9,12H,10-11,13H2,1-3H3. The van der Waals surface area contributed by atoms with E-state index in [0.29, 0.717) is 19.6 Å². The molecular formula is C20H22F3N3O. The second-order valence-electron chi connectivity index (χ2n) is 7.71. The number of nitrogens with zero attached hydrogens (tertiary/aromatic N) is 3. The Morgan fingerprint density at radius 2 is 1.59 bits per heavy atom. The van der Waals surface area contributed by atoms with Crippen molar-refractivity contribution < 1.29 is 18.0 Å². The fourth-order valence-corrected chi connectivity index (χ4v) is 2.99. The van der Waals surface area contributed by atoms with Crippen LogP contribution in [0.5, 0.6) is 0 Å². The maximum Gasteiger partial charge on any atom is 0.417 e. The molecule has 0 unspecified atom stereocenters. The van der Waals surface area contributed by atoms with Crippen LogP contribution in [0.1, 0.15) is 37.5 Å². The van der Waals surface area contributed by atoms with Crippen molar-refractivity contribution in [3.05, 3.63) is 59.3 Å². The number of benzene rings is 1. The highest BCUT2D eigenvalue weighted by atomic mass is 19.4. The Balaban J connectivity index is 1.68. The number of pyridine rings is 1. The summed E-state index contributed by atoms with van der Waals surface area (Å²) >= 11 is 0. The summed E-state index contributed by atoms with van der Waals surface area (Å²) in [5.74, 6) is 0.235. The fourth-order valence-electron chi connectivity index (χ4n) is 2.99. The molecule has 0 bridgehead atoms. The SMILES string of the molecule is CC(C)(C)c1ccc(CN2CCN(c3ccc(C(F)(F)F)cn3)C2=O)cc1. The molecule has 2 aromatic rings. The van der Waals surface area contributed by atoms with Crippen molar-refractivity contribution in [2.75, 3.05) is 18.0 Å². The van der Waals surface area contributed by atoms with Crippen LogP contribution in [0.15, 0.2) is 42.6 Å². The number of carbonyl (C=O) groups is 1. The average Bonchev–Trinajstić information content (AvgIpc) is 2.95. The lowest BCUT2D eigenvalue weighted by molar-refractivity contribution is -0.137. The second-order valence-corrected chi connectivity index (χ2v) is 7.71. The fraction of sp³-hybridized carbons (Fsp3) is 0.400. The first-order chi connectivity index (χ1) is 12.6. The van der Waals surface area contributed by atoms with Crippen molar-refractivity contribution in [3.63, 3.8) is 0 Å². The highest BCUT2D eigenvalue weighted by molar-refractivity contribution is 5.93. The summed E-state index contributed by atoms with van der Waals surface area (Å²) in [7, 11) is 0. The minimum Gasteiger partial charge on any atom is -0.318 e. The quantitative estimate of drug-likeness (QED) is 0.767. The molecule has 1 aromatic carbocycles. The van der Waals surface area contributed by atoms with E-state index < -0.39 is 11.7 Å². The van der Waals surface area contributed by atoms with Gasteiger partial charge in [0.2, 0.25) is 0 Å². The molecule has 1 fully saturated rings. The third-order valence-corrected chi connectivity index (χ3v) is 4.64. The van der Waals surface area contributed by atoms with Crippen LogP contribution in [0.2, 0.25) is 0 Å². The zero-order chi connectivity index (χ0) is 19.8. The molecule has 0 atom stereocenters. The van der Waals surface area contributed by atoms with Gasteiger partial charge in [-0.1, -0.05) is 45.0 Å². The number of carbonyl (C=O) groups excluding carboxylic acids is 1. The van der Waals surface area contributed by atoms with E-state index in [1.807, 2.05) is 12.1 Å². The van der Waals surface area contributed by atoms with Crippen LogP contribution in [-0.2, 0) is 18.1 Å². The van der Waals surface area contributed by atoms with Crippen LogP contribution in [0.3, 0.4) is 0 Å². The number of hydrogen-bond donors (Lipinski definition) is 0. The molecule has 0 N–H and O–H groups in total. The van der Waals surface area contributed by atoms with Crippen LogP contribution >= 0.6 is 0 Å². The number of rotatable bonds is 3. The minimum atomic E-state index is -4.44. The molecule has 1 aromatic heterocycles. The van der Waals surface area contributed by atoms with Gasteiger partial charge in [0.15, 0.2) is 0 Å². The Morgan fingerprint density at radius 1 is 0.963 bits per heavy atom. The zero-order valence-electron chi connectivity index (χ0n) is 15.5. The van der Waals surface area contributed by atoms with Crippen LogP contribution in [0.25, 0.3) is 0 Å². The van der Waals surface area contributed by atoms with Gasteiger partial charge in [0.25, 0.3) is 0 Å². The predicted molar refractivity (Wildman–Crippen MR) is 97.5 cm³/mol. The molecule has 1 saturated heterocycles. The largest absolute Gasteiger partial charge is 0.417 e. The maximum absolute atomic E-state index is 12.7. The first-order valence-corrected chi connectivity index (χ1v) is 8.75. The molecule has 2 heterocycles. The predicted octanol–water partition coefficient (Wildman–Crippen LogP) is 4.84. The summed E-state index contributed by atoms with van der Waals surface area (Å²) in [6, 6.07) is 10.1. The van der Waals surface area contributed by atoms with Crippen molar-refractivity contribution in [2.24, 2.45) is 0 Å². The Bertz CT molecular complexity index is 808. The number of urea groups is 1. The van der Waals surface area contributed by atoms with Gasteiger partial charge in [0.1, 0.15) is 5.82 Å². The van der Waals surface area contributed by atoms with E-state index in [2.05, 4.69) is 37.9 Å². The smallest absolute Gasteiger partial charge is 0.318 e. The Kier molecular flexibility index (Phi) is 4.88. The molecule has 7 heteroatoms. The lowest BCUT2D eigenvalue weighted by Crippen LogP contribution is -2.32. The van der Waals surface area contributed by atoms with E-state index in [1.165, 1.54) is 16.5 Å². The normalized spacial score (nSPS) is 15.6. The molecule has 27 heavy (non-hydrogen) atoms. The Hall–Kier alpha value is -2.57. The molecule has 0 spiro atoms. The summed E-state index contributed by atoms with van der Waals surface area (Å²) in [6.07, 6.45) is -3.68. The van der Waals surface area contributed by atoms with E-state index in [-0.39, 0.29) is 17.3 Å². The van der Waals surface area contributed by atoms with E-state index in [0.717, 1.165) is 17.8 Å². The van der Waals surface area contributed by atoms with Gasteiger partial charge in [-0.25, -0.2) is 9.78 Å². The lowest BCUT2D eigenvalue weighted by atomic mass is 9.87. The molecule has 0 aliphatic carbocycles. The van der Waals surface area contributed by atoms with Gasteiger partial charge in [-0.2, -0.15) is 13.2 Å². The zero-order valence-corrected chi connectivity index (χ0v) is 15.5. The van der Waals surface area contributed by atoms with Crippen LogP contribution in [0, 0.1) is 0 Å². The highest BCUT2D eigenvalue weighted by Gasteiger charge is 2.33. The summed E-state index contributed by atoms with van der Waals surface area (Å²) in [5, 5.41) is 0. The van der Waals surface area contributed by atoms with Gasteiger partial charge in [-0.15, -0.1) is 0 Å². The van der Waals surface area contributed by atoms with Gasteiger partial charge in [-0.3, -0.25) is 4.90 Å². The number of anilines is 1. The second kappa shape index (κ2) is 6.87. The summed E-state index contributed by atoms with van der Waals surface area (Å²) < 4.78 is 38.0. The molecular weight excluding hydrogens is 355 g/mol. The number of amides is 2. The van der Waals surface area contributed by atoms with E-state index in [1.54, 1.807) is 4.90 Å². The van der Waals surface area contributed by atoms with Crippen molar-refractivity contribution in [1.29, 1.82) is 0 Å². The van der Waals surface area contributed by atoms with Crippen LogP contribution in [-0.4, -0.2) is 29.0 Å². The summed E-state index contributed by atoms with van der Waals surface area (Å²) in [6.45, 7) is 7.78. The molecule has 3 rings (SSSR count). The van der Waals surface area contributed by atoms with Crippen molar-refractivity contribution in [3.8, 4) is 0 Å². The molecule has 144 valence electrons. The van der Waals surface area contributed by atoms with E-state index in [9.17, 15) is 18.0 Å². The summed E-state index contributed by atoms with van der Waals surface area (Å²) in [5.41, 5.74) is 1.47. The molecule has 0 saturated carbocycles. The van der Waals surface area contributed by atoms with E-state index >= 15 is 0 Å². The van der Waals surface area contributed by atoms with Crippen LogP contribution in [0.4, 0.5) is 23.8 Å².